The van der Waals surface area contributed by atoms with Gasteiger partial charge in [-0.15, -0.1) is 0 Å². The molecule has 2 rings (SSSR count). The van der Waals surface area contributed by atoms with Gasteiger partial charge in [0.2, 0.25) is 0 Å². The highest BCUT2D eigenvalue weighted by Gasteiger charge is 2.23. The first kappa shape index (κ1) is 11.9. The van der Waals surface area contributed by atoms with Crippen LogP contribution >= 0.6 is 0 Å². The van der Waals surface area contributed by atoms with E-state index in [1.807, 2.05) is 24.1 Å². The van der Waals surface area contributed by atoms with Crippen molar-refractivity contribution in [2.45, 2.75) is 12.5 Å². The molecule has 0 spiro atoms. The van der Waals surface area contributed by atoms with Crippen molar-refractivity contribution in [2.24, 2.45) is 0 Å². The van der Waals surface area contributed by atoms with E-state index < -0.39 is 0 Å². The molecule has 1 aliphatic heterocycles. The fourth-order valence-electron chi connectivity index (χ4n) is 2.07. The summed E-state index contributed by atoms with van der Waals surface area (Å²) in [6, 6.07) is 7.55. The summed E-state index contributed by atoms with van der Waals surface area (Å²) in [5.41, 5.74) is 0.709. The third-order valence-electron chi connectivity index (χ3n) is 3.24. The number of carbonyl (C=O) groups excluding carboxylic acids is 1. The van der Waals surface area contributed by atoms with Crippen LogP contribution in [-0.2, 0) is 0 Å². The van der Waals surface area contributed by atoms with Crippen molar-refractivity contribution >= 4 is 5.91 Å². The Hall–Kier alpha value is -1.55. The van der Waals surface area contributed by atoms with Gasteiger partial charge in [-0.1, -0.05) is 0 Å². The summed E-state index contributed by atoms with van der Waals surface area (Å²) in [5, 5.41) is 3.26. The van der Waals surface area contributed by atoms with Crippen molar-refractivity contribution in [2.75, 3.05) is 27.2 Å². The third-order valence-corrected chi connectivity index (χ3v) is 3.24. The average molecular weight is 234 g/mol. The van der Waals surface area contributed by atoms with Crippen LogP contribution in [0.5, 0.6) is 5.75 Å². The summed E-state index contributed by atoms with van der Waals surface area (Å²) in [4.78, 5) is 14.0. The van der Waals surface area contributed by atoms with Gasteiger partial charge in [-0.05, 0) is 37.2 Å². The zero-order valence-electron chi connectivity index (χ0n) is 10.3. The number of hydrogen-bond donors (Lipinski definition) is 1. The molecule has 4 heteroatoms. The quantitative estimate of drug-likeness (QED) is 0.852. The third kappa shape index (κ3) is 2.58. The van der Waals surface area contributed by atoms with Crippen LogP contribution in [0.4, 0.5) is 0 Å². The zero-order valence-corrected chi connectivity index (χ0v) is 10.3. The van der Waals surface area contributed by atoms with Crippen LogP contribution in [0.15, 0.2) is 24.3 Å². The minimum absolute atomic E-state index is 0.0707. The van der Waals surface area contributed by atoms with E-state index in [0.29, 0.717) is 11.6 Å². The van der Waals surface area contributed by atoms with Crippen molar-refractivity contribution in [1.82, 2.24) is 10.2 Å². The maximum absolute atomic E-state index is 12.2. The van der Waals surface area contributed by atoms with Crippen LogP contribution in [0, 0.1) is 0 Å². The second kappa shape index (κ2) is 5.19. The summed E-state index contributed by atoms with van der Waals surface area (Å²) in [5.74, 6) is 0.841. The fraction of sp³-hybridized carbons (Fsp3) is 0.462. The standard InChI is InChI=1S/C13H18N2O2/c1-15(11-7-8-14-9-11)13(16)10-3-5-12(17-2)6-4-10/h3-6,11,14H,7-9H2,1-2H3/t11-/m1/s1. The minimum Gasteiger partial charge on any atom is -0.497 e. The summed E-state index contributed by atoms with van der Waals surface area (Å²) in [7, 11) is 3.48. The van der Waals surface area contributed by atoms with Crippen molar-refractivity contribution in [1.29, 1.82) is 0 Å². The van der Waals surface area contributed by atoms with Gasteiger partial charge in [0, 0.05) is 25.2 Å². The normalized spacial score (nSPS) is 19.1. The molecule has 1 aromatic carbocycles. The van der Waals surface area contributed by atoms with Gasteiger partial charge in [0.05, 0.1) is 7.11 Å². The Bertz CT molecular complexity index is 383. The maximum atomic E-state index is 12.2. The van der Waals surface area contributed by atoms with Gasteiger partial charge >= 0.3 is 0 Å². The Morgan fingerprint density at radius 3 is 2.65 bits per heavy atom. The lowest BCUT2D eigenvalue weighted by Crippen LogP contribution is -2.38. The van der Waals surface area contributed by atoms with E-state index in [1.54, 1.807) is 19.2 Å². The number of hydrogen-bond acceptors (Lipinski definition) is 3. The van der Waals surface area contributed by atoms with E-state index in [9.17, 15) is 4.79 Å². The molecule has 0 saturated carbocycles. The van der Waals surface area contributed by atoms with E-state index in [-0.39, 0.29) is 5.91 Å². The largest absolute Gasteiger partial charge is 0.497 e. The predicted molar refractivity (Wildman–Crippen MR) is 66.4 cm³/mol. The highest BCUT2D eigenvalue weighted by Crippen LogP contribution is 2.15. The highest BCUT2D eigenvalue weighted by molar-refractivity contribution is 5.94. The zero-order chi connectivity index (χ0) is 12.3. The van der Waals surface area contributed by atoms with Gasteiger partial charge in [-0.2, -0.15) is 0 Å². The molecule has 0 aromatic heterocycles. The number of nitrogens with zero attached hydrogens (tertiary/aromatic N) is 1. The summed E-state index contributed by atoms with van der Waals surface area (Å²) < 4.78 is 5.07. The molecule has 1 fully saturated rings. The second-order valence-electron chi connectivity index (χ2n) is 4.29. The topological polar surface area (TPSA) is 41.6 Å². The van der Waals surface area contributed by atoms with Crippen LogP contribution in [0.2, 0.25) is 0 Å². The molecule has 1 aromatic rings. The molecule has 0 aliphatic carbocycles. The van der Waals surface area contributed by atoms with Crippen molar-refractivity contribution in [3.05, 3.63) is 29.8 Å². The lowest BCUT2D eigenvalue weighted by atomic mass is 10.1. The van der Waals surface area contributed by atoms with Gasteiger partial charge in [-0.25, -0.2) is 0 Å². The summed E-state index contributed by atoms with van der Waals surface area (Å²) in [6.45, 7) is 1.88. The minimum atomic E-state index is 0.0707. The lowest BCUT2D eigenvalue weighted by molar-refractivity contribution is 0.0744. The number of benzene rings is 1. The summed E-state index contributed by atoms with van der Waals surface area (Å²) in [6.07, 6.45) is 1.03. The molecule has 0 radical (unpaired) electrons. The second-order valence-corrected chi connectivity index (χ2v) is 4.29. The Labute approximate surface area is 102 Å². The number of amides is 1. The first-order valence-electron chi connectivity index (χ1n) is 5.84. The van der Waals surface area contributed by atoms with Crippen LogP contribution in [-0.4, -0.2) is 44.1 Å². The van der Waals surface area contributed by atoms with Gasteiger partial charge in [0.1, 0.15) is 5.75 Å². The molecule has 1 atom stereocenters. The molecular weight excluding hydrogens is 216 g/mol. The molecule has 92 valence electrons. The van der Waals surface area contributed by atoms with Crippen molar-refractivity contribution < 1.29 is 9.53 Å². The van der Waals surface area contributed by atoms with Crippen LogP contribution < -0.4 is 10.1 Å². The van der Waals surface area contributed by atoms with Crippen LogP contribution in [0.1, 0.15) is 16.8 Å². The van der Waals surface area contributed by atoms with Crippen molar-refractivity contribution in [3.63, 3.8) is 0 Å². The maximum Gasteiger partial charge on any atom is 0.253 e. The van der Waals surface area contributed by atoms with Crippen LogP contribution in [0.3, 0.4) is 0 Å². The van der Waals surface area contributed by atoms with Gasteiger partial charge in [0.15, 0.2) is 0 Å². The first-order valence-corrected chi connectivity index (χ1v) is 5.84. The number of likely N-dealkylation sites (N-methyl/N-ethyl adjacent to an activating group) is 1. The van der Waals surface area contributed by atoms with Gasteiger partial charge < -0.3 is 15.0 Å². The number of ether oxygens (including phenoxy) is 1. The number of carbonyl (C=O) groups is 1. The first-order chi connectivity index (χ1) is 8.22. The van der Waals surface area contributed by atoms with E-state index in [0.717, 1.165) is 25.3 Å². The van der Waals surface area contributed by atoms with Crippen molar-refractivity contribution in [3.8, 4) is 5.75 Å². The van der Waals surface area contributed by atoms with Gasteiger partial charge in [-0.3, -0.25) is 4.79 Å². The number of rotatable bonds is 3. The average Bonchev–Trinajstić information content (AvgIpc) is 2.91. The molecule has 0 unspecified atom stereocenters. The number of nitrogens with one attached hydrogen (secondary N) is 1. The smallest absolute Gasteiger partial charge is 0.253 e. The SMILES string of the molecule is COc1ccc(C(=O)N(C)[C@@H]2CCNC2)cc1. The predicted octanol–water partition coefficient (Wildman–Crippen LogP) is 1.13. The molecule has 1 N–H and O–H groups in total. The molecule has 0 bridgehead atoms. The van der Waals surface area contributed by atoms with E-state index in [1.165, 1.54) is 0 Å². The molecule has 17 heavy (non-hydrogen) atoms. The molecule has 4 nitrogen and oxygen atoms in total. The molecule has 1 heterocycles. The molecular formula is C13H18N2O2. The highest BCUT2D eigenvalue weighted by atomic mass is 16.5. The van der Waals surface area contributed by atoms with Crippen LogP contribution in [0.25, 0.3) is 0 Å². The number of methoxy groups -OCH3 is 1. The summed E-state index contributed by atoms with van der Waals surface area (Å²) >= 11 is 0. The Morgan fingerprint density at radius 2 is 2.12 bits per heavy atom. The Balaban J connectivity index is 2.07. The monoisotopic (exact) mass is 234 g/mol. The lowest BCUT2D eigenvalue weighted by Gasteiger charge is -2.23. The Kier molecular flexibility index (Phi) is 3.64. The molecule has 1 aliphatic rings. The van der Waals surface area contributed by atoms with E-state index in [2.05, 4.69) is 5.32 Å². The fourth-order valence-corrected chi connectivity index (χ4v) is 2.07. The molecule has 1 amide bonds. The Morgan fingerprint density at radius 1 is 1.41 bits per heavy atom. The van der Waals surface area contributed by atoms with Gasteiger partial charge in [0.25, 0.3) is 5.91 Å². The molecule has 1 saturated heterocycles. The van der Waals surface area contributed by atoms with E-state index >= 15 is 0 Å². The van der Waals surface area contributed by atoms with E-state index in [4.69, 9.17) is 4.74 Å².